The van der Waals surface area contributed by atoms with E-state index in [4.69, 9.17) is 10.8 Å². The second-order valence-electron chi connectivity index (χ2n) is 4.44. The van der Waals surface area contributed by atoms with Crippen molar-refractivity contribution >= 4 is 17.5 Å². The number of carboxylic acid groups (broad SMARTS) is 1. The fourth-order valence-electron chi connectivity index (χ4n) is 1.96. The third-order valence-corrected chi connectivity index (χ3v) is 2.95. The summed E-state index contributed by atoms with van der Waals surface area (Å²) in [6.07, 6.45) is 4.12. The van der Waals surface area contributed by atoms with Crippen LogP contribution >= 0.6 is 0 Å². The molecule has 0 saturated carbocycles. The summed E-state index contributed by atoms with van der Waals surface area (Å²) in [5.41, 5.74) is 7.83. The second-order valence-corrected chi connectivity index (χ2v) is 4.44. The molecule has 0 aliphatic carbocycles. The lowest BCUT2D eigenvalue weighted by Crippen LogP contribution is -2.07. The average molecular weight is 275 g/mol. The van der Waals surface area contributed by atoms with Crippen LogP contribution in [0.25, 0.3) is 0 Å². The van der Waals surface area contributed by atoms with Crippen LogP contribution in [0.4, 0.5) is 11.5 Å². The van der Waals surface area contributed by atoms with Gasteiger partial charge in [0.05, 0.1) is 23.1 Å². The van der Waals surface area contributed by atoms with Crippen molar-refractivity contribution < 1.29 is 9.90 Å². The van der Waals surface area contributed by atoms with Gasteiger partial charge in [0.2, 0.25) is 0 Å². The van der Waals surface area contributed by atoms with Gasteiger partial charge in [-0.25, -0.2) is 9.78 Å². The maximum atomic E-state index is 11.0. The third kappa shape index (κ3) is 2.87. The zero-order valence-corrected chi connectivity index (χ0v) is 11.4. The predicted octanol–water partition coefficient (Wildman–Crippen LogP) is 1.27. The van der Waals surface area contributed by atoms with Gasteiger partial charge in [-0.3, -0.25) is 4.68 Å². The van der Waals surface area contributed by atoms with E-state index in [1.54, 1.807) is 4.68 Å². The molecule has 0 aliphatic rings. The third-order valence-electron chi connectivity index (χ3n) is 2.95. The molecule has 0 spiro atoms. The van der Waals surface area contributed by atoms with E-state index in [0.29, 0.717) is 12.4 Å². The summed E-state index contributed by atoms with van der Waals surface area (Å²) >= 11 is 0. The number of nitrogens with one attached hydrogen (secondary N) is 1. The molecule has 2 rings (SSSR count). The van der Waals surface area contributed by atoms with E-state index in [-0.39, 0.29) is 11.3 Å². The molecule has 0 radical (unpaired) electrons. The number of hydrogen-bond donors (Lipinski definition) is 3. The highest BCUT2D eigenvalue weighted by atomic mass is 16.4. The van der Waals surface area contributed by atoms with Gasteiger partial charge in [-0.15, -0.1) is 0 Å². The second kappa shape index (κ2) is 5.60. The van der Waals surface area contributed by atoms with E-state index >= 15 is 0 Å². The van der Waals surface area contributed by atoms with Crippen molar-refractivity contribution in [1.82, 2.24) is 14.8 Å². The highest BCUT2D eigenvalue weighted by Gasteiger charge is 2.10. The Hall–Kier alpha value is -2.57. The van der Waals surface area contributed by atoms with Gasteiger partial charge in [0.1, 0.15) is 5.82 Å². The van der Waals surface area contributed by atoms with Crippen LogP contribution in [0, 0.1) is 0 Å². The Balaban J connectivity index is 2.14. The summed E-state index contributed by atoms with van der Waals surface area (Å²) in [4.78, 5) is 15.1. The number of aryl methyl sites for hydroxylation is 2. The standard InChI is InChI=1S/C13H17N5O2/c1-3-11-8(7-18(2)17-11)5-15-12-4-9(13(19)20)10(14)6-16-12/h4,6-7H,3,5,14H2,1-2H3,(H,15,16)(H,19,20). The molecule has 4 N–H and O–H groups in total. The molecule has 20 heavy (non-hydrogen) atoms. The van der Waals surface area contributed by atoms with Crippen LogP contribution in [0.5, 0.6) is 0 Å². The van der Waals surface area contributed by atoms with Gasteiger partial charge in [0, 0.05) is 25.4 Å². The highest BCUT2D eigenvalue weighted by molar-refractivity contribution is 5.94. The van der Waals surface area contributed by atoms with Crippen molar-refractivity contribution in [1.29, 1.82) is 0 Å². The van der Waals surface area contributed by atoms with E-state index in [1.165, 1.54) is 12.3 Å². The molecule has 7 nitrogen and oxygen atoms in total. The summed E-state index contributed by atoms with van der Waals surface area (Å²) in [5, 5.41) is 16.4. The first-order chi connectivity index (χ1) is 9.51. The molecule has 0 saturated heterocycles. The van der Waals surface area contributed by atoms with Crippen molar-refractivity contribution in [2.75, 3.05) is 11.1 Å². The van der Waals surface area contributed by atoms with Crippen LogP contribution in [-0.4, -0.2) is 25.8 Å². The summed E-state index contributed by atoms with van der Waals surface area (Å²) in [5.74, 6) is -0.592. The van der Waals surface area contributed by atoms with E-state index < -0.39 is 5.97 Å². The average Bonchev–Trinajstić information content (AvgIpc) is 2.77. The van der Waals surface area contributed by atoms with E-state index in [2.05, 4.69) is 15.4 Å². The fraction of sp³-hybridized carbons (Fsp3) is 0.308. The fourth-order valence-corrected chi connectivity index (χ4v) is 1.96. The number of aromatic nitrogens is 3. The first-order valence-electron chi connectivity index (χ1n) is 6.25. The summed E-state index contributed by atoms with van der Waals surface area (Å²) < 4.78 is 1.76. The summed E-state index contributed by atoms with van der Waals surface area (Å²) in [6.45, 7) is 2.57. The van der Waals surface area contributed by atoms with Gasteiger partial charge in [-0.05, 0) is 12.5 Å². The lowest BCUT2D eigenvalue weighted by atomic mass is 10.2. The minimum atomic E-state index is -1.07. The van der Waals surface area contributed by atoms with Crippen LogP contribution < -0.4 is 11.1 Å². The van der Waals surface area contributed by atoms with Crippen molar-refractivity contribution in [3.05, 3.63) is 35.3 Å². The summed E-state index contributed by atoms with van der Waals surface area (Å²) in [7, 11) is 1.87. The number of rotatable bonds is 5. The lowest BCUT2D eigenvalue weighted by Gasteiger charge is -2.07. The molecule has 2 heterocycles. The smallest absolute Gasteiger partial charge is 0.337 e. The minimum Gasteiger partial charge on any atom is -0.478 e. The van der Waals surface area contributed by atoms with Gasteiger partial charge in [-0.2, -0.15) is 5.10 Å². The molecule has 0 aromatic carbocycles. The number of aromatic carboxylic acids is 1. The number of nitrogen functional groups attached to an aromatic ring is 1. The molecule has 0 unspecified atom stereocenters. The van der Waals surface area contributed by atoms with Gasteiger partial charge < -0.3 is 16.2 Å². The van der Waals surface area contributed by atoms with Crippen molar-refractivity contribution in [3.8, 4) is 0 Å². The van der Waals surface area contributed by atoms with Crippen molar-refractivity contribution in [3.63, 3.8) is 0 Å². The molecule has 7 heteroatoms. The largest absolute Gasteiger partial charge is 0.478 e. The van der Waals surface area contributed by atoms with Crippen molar-refractivity contribution in [2.24, 2.45) is 7.05 Å². The molecule has 0 fully saturated rings. The van der Waals surface area contributed by atoms with Crippen LogP contribution in [0.15, 0.2) is 18.5 Å². The Kier molecular flexibility index (Phi) is 3.88. The first kappa shape index (κ1) is 13.9. The first-order valence-corrected chi connectivity index (χ1v) is 6.25. The van der Waals surface area contributed by atoms with Gasteiger partial charge >= 0.3 is 5.97 Å². The molecule has 0 bridgehead atoms. The number of nitrogens with zero attached hydrogens (tertiary/aromatic N) is 3. The van der Waals surface area contributed by atoms with Gasteiger partial charge in [0.25, 0.3) is 0 Å². The van der Waals surface area contributed by atoms with Crippen LogP contribution in [-0.2, 0) is 20.0 Å². The molecule has 106 valence electrons. The van der Waals surface area contributed by atoms with Crippen LogP contribution in [0.3, 0.4) is 0 Å². The number of hydrogen-bond acceptors (Lipinski definition) is 5. The molecule has 0 amide bonds. The molecule has 2 aromatic rings. The maximum Gasteiger partial charge on any atom is 0.337 e. The minimum absolute atomic E-state index is 0.0457. The Bertz CT molecular complexity index is 636. The topological polar surface area (TPSA) is 106 Å². The van der Waals surface area contributed by atoms with E-state index in [0.717, 1.165) is 17.7 Å². The molecular formula is C13H17N5O2. The molecule has 0 atom stereocenters. The Morgan fingerprint density at radius 1 is 1.55 bits per heavy atom. The van der Waals surface area contributed by atoms with Gasteiger partial charge in [-0.1, -0.05) is 6.92 Å². The predicted molar refractivity (Wildman–Crippen MR) is 75.5 cm³/mol. The number of carbonyl (C=O) groups is 1. The molecule has 0 aliphatic heterocycles. The number of anilines is 2. The molecule has 2 aromatic heterocycles. The highest BCUT2D eigenvalue weighted by Crippen LogP contribution is 2.16. The Morgan fingerprint density at radius 3 is 2.95 bits per heavy atom. The van der Waals surface area contributed by atoms with Crippen LogP contribution in [0.2, 0.25) is 0 Å². The number of pyridine rings is 1. The monoisotopic (exact) mass is 275 g/mol. The normalized spacial score (nSPS) is 10.5. The zero-order chi connectivity index (χ0) is 14.7. The molecular weight excluding hydrogens is 258 g/mol. The summed E-state index contributed by atoms with van der Waals surface area (Å²) in [6, 6.07) is 1.43. The Labute approximate surface area is 116 Å². The van der Waals surface area contributed by atoms with Crippen LogP contribution in [0.1, 0.15) is 28.5 Å². The quantitative estimate of drug-likeness (QED) is 0.758. The number of carboxylic acids is 1. The van der Waals surface area contributed by atoms with E-state index in [1.807, 2.05) is 20.2 Å². The zero-order valence-electron chi connectivity index (χ0n) is 11.4. The maximum absolute atomic E-state index is 11.0. The Morgan fingerprint density at radius 2 is 2.30 bits per heavy atom. The van der Waals surface area contributed by atoms with Gasteiger partial charge in [0.15, 0.2) is 0 Å². The van der Waals surface area contributed by atoms with Crippen molar-refractivity contribution in [2.45, 2.75) is 19.9 Å². The number of nitrogens with two attached hydrogens (primary N) is 1. The van der Waals surface area contributed by atoms with E-state index in [9.17, 15) is 4.79 Å². The lowest BCUT2D eigenvalue weighted by molar-refractivity contribution is 0.0698. The SMILES string of the molecule is CCc1nn(C)cc1CNc1cc(C(=O)O)c(N)cn1.